The Bertz CT molecular complexity index is 1110. The fraction of sp³-hybridized carbons (Fsp3) is 0.231. The highest BCUT2D eigenvalue weighted by molar-refractivity contribution is 7.92. The Morgan fingerprint density at radius 1 is 0.833 bits per heavy atom. The Hall–Kier alpha value is -2.85. The van der Waals surface area contributed by atoms with Gasteiger partial charge in [-0.15, -0.1) is 0 Å². The summed E-state index contributed by atoms with van der Waals surface area (Å²) < 4.78 is 27.0. The second kappa shape index (κ2) is 8.88. The van der Waals surface area contributed by atoms with E-state index < -0.39 is 10.0 Å². The van der Waals surface area contributed by atoms with E-state index in [2.05, 4.69) is 59.3 Å². The first-order chi connectivity index (χ1) is 14.6. The first kappa shape index (κ1) is 20.4. The van der Waals surface area contributed by atoms with Crippen LogP contribution in [0, 0.1) is 0 Å². The van der Waals surface area contributed by atoms with Crippen LogP contribution in [0.4, 0.5) is 5.69 Å². The van der Waals surface area contributed by atoms with Crippen molar-refractivity contribution in [2.75, 3.05) is 10.5 Å². The molecule has 3 nitrogen and oxygen atoms in total. The number of rotatable bonds is 6. The zero-order chi connectivity index (χ0) is 21.0. The Labute approximate surface area is 179 Å². The number of benzene rings is 3. The van der Waals surface area contributed by atoms with Gasteiger partial charge in [-0.25, -0.2) is 8.42 Å². The highest BCUT2D eigenvalue weighted by Gasteiger charge is 2.17. The van der Waals surface area contributed by atoms with Gasteiger partial charge in [-0.2, -0.15) is 0 Å². The molecule has 0 unspecified atom stereocenters. The van der Waals surface area contributed by atoms with Crippen molar-refractivity contribution >= 4 is 27.4 Å². The molecule has 0 aliphatic heterocycles. The van der Waals surface area contributed by atoms with Crippen LogP contribution in [0.1, 0.15) is 47.6 Å². The molecule has 0 radical (unpaired) electrons. The summed E-state index contributed by atoms with van der Waals surface area (Å²) in [5, 5.41) is 0. The third-order valence-corrected chi connectivity index (χ3v) is 6.91. The lowest BCUT2D eigenvalue weighted by Crippen LogP contribution is -2.16. The Morgan fingerprint density at radius 3 is 1.97 bits per heavy atom. The van der Waals surface area contributed by atoms with E-state index in [9.17, 15) is 8.42 Å². The lowest BCUT2D eigenvalue weighted by atomic mass is 9.92. The van der Waals surface area contributed by atoms with Gasteiger partial charge in [-0.3, -0.25) is 4.72 Å². The van der Waals surface area contributed by atoms with Gasteiger partial charge in [-0.1, -0.05) is 74.0 Å². The van der Waals surface area contributed by atoms with E-state index in [0.29, 0.717) is 12.1 Å². The van der Waals surface area contributed by atoms with Gasteiger partial charge in [0.25, 0.3) is 0 Å². The van der Waals surface area contributed by atoms with Gasteiger partial charge >= 0.3 is 0 Å². The average molecular weight is 418 g/mol. The minimum Gasteiger partial charge on any atom is -0.284 e. The molecule has 30 heavy (non-hydrogen) atoms. The third kappa shape index (κ3) is 4.65. The predicted octanol–water partition coefficient (Wildman–Crippen LogP) is 5.92. The van der Waals surface area contributed by atoms with Crippen molar-refractivity contribution in [1.82, 2.24) is 0 Å². The molecule has 0 saturated heterocycles. The SMILES string of the molecule is CCCCS(=O)(=O)Nc1ccc(C=C2c3ccccc3CCc3ccccc32)cc1. The van der Waals surface area contributed by atoms with E-state index in [0.717, 1.165) is 24.8 Å². The Kier molecular flexibility index (Phi) is 6.05. The largest absolute Gasteiger partial charge is 0.284 e. The number of nitrogens with one attached hydrogen (secondary N) is 1. The smallest absolute Gasteiger partial charge is 0.232 e. The molecule has 0 spiro atoms. The van der Waals surface area contributed by atoms with Crippen LogP contribution in [0.2, 0.25) is 0 Å². The van der Waals surface area contributed by atoms with Crippen LogP contribution in [0.25, 0.3) is 11.6 Å². The molecule has 0 bridgehead atoms. The highest BCUT2D eigenvalue weighted by Crippen LogP contribution is 2.35. The van der Waals surface area contributed by atoms with Gasteiger partial charge in [0.05, 0.1) is 5.75 Å². The van der Waals surface area contributed by atoms with Gasteiger partial charge < -0.3 is 0 Å². The second-order valence-electron chi connectivity index (χ2n) is 7.77. The standard InChI is InChI=1S/C26H27NO2S/c1-2-3-18-30(28,29)27-23-16-12-20(13-17-23)19-26-24-10-6-4-8-21(24)14-15-22-9-5-7-11-25(22)26/h4-13,16-17,19,27H,2-3,14-15,18H2,1H3. The fourth-order valence-corrected chi connectivity index (χ4v) is 5.22. The summed E-state index contributed by atoms with van der Waals surface area (Å²) in [7, 11) is -3.29. The number of hydrogen-bond donors (Lipinski definition) is 1. The molecule has 1 aliphatic carbocycles. The number of hydrogen-bond acceptors (Lipinski definition) is 2. The number of fused-ring (bicyclic) bond motifs is 2. The van der Waals surface area contributed by atoms with Crippen molar-refractivity contribution in [3.8, 4) is 0 Å². The summed E-state index contributed by atoms with van der Waals surface area (Å²) in [6, 6.07) is 24.8. The molecule has 154 valence electrons. The summed E-state index contributed by atoms with van der Waals surface area (Å²) in [5.74, 6) is 0.156. The Balaban J connectivity index is 1.68. The number of aryl methyl sites for hydroxylation is 2. The predicted molar refractivity (Wildman–Crippen MR) is 126 cm³/mol. The van der Waals surface area contributed by atoms with E-state index >= 15 is 0 Å². The van der Waals surface area contributed by atoms with Crippen molar-refractivity contribution in [1.29, 1.82) is 0 Å². The molecular weight excluding hydrogens is 390 g/mol. The summed E-state index contributed by atoms with van der Waals surface area (Å²) in [5.41, 5.74) is 8.14. The molecule has 0 atom stereocenters. The van der Waals surface area contributed by atoms with Crippen molar-refractivity contribution in [2.24, 2.45) is 0 Å². The zero-order valence-corrected chi connectivity index (χ0v) is 18.1. The van der Waals surface area contributed by atoms with E-state index in [1.807, 2.05) is 31.2 Å². The van der Waals surface area contributed by atoms with E-state index in [4.69, 9.17) is 0 Å². The van der Waals surface area contributed by atoms with E-state index in [-0.39, 0.29) is 5.75 Å². The van der Waals surface area contributed by atoms with Gasteiger partial charge in [0.15, 0.2) is 0 Å². The highest BCUT2D eigenvalue weighted by atomic mass is 32.2. The molecule has 3 aromatic rings. The minimum absolute atomic E-state index is 0.156. The van der Waals surface area contributed by atoms with Gasteiger partial charge in [-0.05, 0) is 70.9 Å². The first-order valence-corrected chi connectivity index (χ1v) is 12.2. The van der Waals surface area contributed by atoms with Gasteiger partial charge in [0, 0.05) is 5.69 Å². The lowest BCUT2D eigenvalue weighted by molar-refractivity contribution is 0.598. The first-order valence-electron chi connectivity index (χ1n) is 10.5. The number of unbranched alkanes of at least 4 members (excludes halogenated alkanes) is 1. The molecule has 0 aromatic heterocycles. The molecule has 0 saturated carbocycles. The summed E-state index contributed by atoms with van der Waals surface area (Å²) in [6.07, 6.45) is 5.79. The fourth-order valence-electron chi connectivity index (χ4n) is 3.95. The maximum Gasteiger partial charge on any atom is 0.232 e. The summed E-state index contributed by atoms with van der Waals surface area (Å²) in [6.45, 7) is 1.99. The van der Waals surface area contributed by atoms with Crippen molar-refractivity contribution in [2.45, 2.75) is 32.6 Å². The summed E-state index contributed by atoms with van der Waals surface area (Å²) >= 11 is 0. The van der Waals surface area contributed by atoms with Crippen LogP contribution < -0.4 is 4.72 Å². The molecular formula is C26H27NO2S. The molecule has 1 N–H and O–H groups in total. The quantitative estimate of drug-likeness (QED) is 0.541. The van der Waals surface area contributed by atoms with Gasteiger partial charge in [0.2, 0.25) is 10.0 Å². The molecule has 3 aromatic carbocycles. The summed E-state index contributed by atoms with van der Waals surface area (Å²) in [4.78, 5) is 0. The Morgan fingerprint density at radius 2 is 1.40 bits per heavy atom. The molecule has 0 heterocycles. The van der Waals surface area contributed by atoms with E-state index in [1.54, 1.807) is 0 Å². The van der Waals surface area contributed by atoms with Crippen LogP contribution in [0.3, 0.4) is 0 Å². The topological polar surface area (TPSA) is 46.2 Å². The van der Waals surface area contributed by atoms with Crippen molar-refractivity contribution in [3.05, 3.63) is 101 Å². The minimum atomic E-state index is -3.29. The van der Waals surface area contributed by atoms with Crippen LogP contribution >= 0.6 is 0 Å². The van der Waals surface area contributed by atoms with Gasteiger partial charge in [0.1, 0.15) is 0 Å². The number of sulfonamides is 1. The second-order valence-corrected chi connectivity index (χ2v) is 9.61. The van der Waals surface area contributed by atoms with E-state index in [1.165, 1.54) is 27.8 Å². The van der Waals surface area contributed by atoms with Crippen molar-refractivity contribution < 1.29 is 8.42 Å². The third-order valence-electron chi connectivity index (χ3n) is 5.54. The van der Waals surface area contributed by atoms with Crippen molar-refractivity contribution in [3.63, 3.8) is 0 Å². The maximum absolute atomic E-state index is 12.2. The average Bonchev–Trinajstić information content (AvgIpc) is 2.91. The molecule has 1 aliphatic rings. The maximum atomic E-state index is 12.2. The molecule has 4 rings (SSSR count). The number of anilines is 1. The molecule has 0 fully saturated rings. The van der Waals surface area contributed by atoms with Crippen LogP contribution in [-0.2, 0) is 22.9 Å². The molecule has 0 amide bonds. The monoisotopic (exact) mass is 417 g/mol. The normalized spacial score (nSPS) is 13.2. The lowest BCUT2D eigenvalue weighted by Gasteiger charge is -2.12. The van der Waals surface area contributed by atoms with Crippen LogP contribution in [0.5, 0.6) is 0 Å². The van der Waals surface area contributed by atoms with Crippen LogP contribution in [-0.4, -0.2) is 14.2 Å². The van der Waals surface area contributed by atoms with Crippen LogP contribution in [0.15, 0.2) is 72.8 Å². The molecule has 4 heteroatoms. The zero-order valence-electron chi connectivity index (χ0n) is 17.3.